The van der Waals surface area contributed by atoms with E-state index >= 15 is 0 Å². The first-order chi connectivity index (χ1) is 7.72. The molecule has 1 aliphatic heterocycles. The van der Waals surface area contributed by atoms with Crippen LogP contribution in [0.2, 0.25) is 5.02 Å². The molecule has 0 aliphatic carbocycles. The molecule has 0 aromatic heterocycles. The summed E-state index contributed by atoms with van der Waals surface area (Å²) in [7, 11) is 0. The standard InChI is InChI=1S/C11H14ClNO3/c12-9-3-7-5-15-6-16-11(7)4-8(9)10(14)1-2-13/h3-4,10,14H,1-2,5-6,13H2. The van der Waals surface area contributed by atoms with Crippen molar-refractivity contribution in [2.75, 3.05) is 13.3 Å². The first-order valence-electron chi connectivity index (χ1n) is 5.13. The molecule has 3 N–H and O–H groups in total. The van der Waals surface area contributed by atoms with Crippen molar-refractivity contribution in [3.05, 3.63) is 28.3 Å². The van der Waals surface area contributed by atoms with Crippen molar-refractivity contribution in [1.29, 1.82) is 0 Å². The lowest BCUT2D eigenvalue weighted by molar-refractivity contribution is -0.0165. The number of ether oxygens (including phenoxy) is 2. The highest BCUT2D eigenvalue weighted by atomic mass is 35.5. The summed E-state index contributed by atoms with van der Waals surface area (Å²) in [6, 6.07) is 3.53. The fourth-order valence-corrected chi connectivity index (χ4v) is 2.00. The molecule has 1 unspecified atom stereocenters. The maximum Gasteiger partial charge on any atom is 0.189 e. The molecule has 0 spiro atoms. The maximum atomic E-state index is 9.85. The molecular formula is C11H14ClNO3. The van der Waals surface area contributed by atoms with Crippen molar-refractivity contribution >= 4 is 11.6 Å². The van der Waals surface area contributed by atoms with Gasteiger partial charge in [-0.15, -0.1) is 0 Å². The first-order valence-corrected chi connectivity index (χ1v) is 5.51. The summed E-state index contributed by atoms with van der Waals surface area (Å²) < 4.78 is 10.5. The van der Waals surface area contributed by atoms with Gasteiger partial charge >= 0.3 is 0 Å². The van der Waals surface area contributed by atoms with E-state index in [0.717, 1.165) is 11.3 Å². The van der Waals surface area contributed by atoms with Crippen LogP contribution in [-0.4, -0.2) is 18.4 Å². The van der Waals surface area contributed by atoms with Gasteiger partial charge in [-0.1, -0.05) is 11.6 Å². The van der Waals surface area contributed by atoms with E-state index in [2.05, 4.69) is 0 Å². The molecule has 1 aromatic rings. The molecule has 0 amide bonds. The molecule has 0 saturated heterocycles. The summed E-state index contributed by atoms with van der Waals surface area (Å²) in [5.74, 6) is 0.724. The van der Waals surface area contributed by atoms with Crippen molar-refractivity contribution in [2.45, 2.75) is 19.1 Å². The van der Waals surface area contributed by atoms with Gasteiger partial charge < -0.3 is 20.3 Å². The van der Waals surface area contributed by atoms with Gasteiger partial charge in [0.2, 0.25) is 0 Å². The molecule has 2 rings (SSSR count). The highest BCUT2D eigenvalue weighted by molar-refractivity contribution is 6.31. The average Bonchev–Trinajstić information content (AvgIpc) is 2.28. The molecular weight excluding hydrogens is 230 g/mol. The van der Waals surface area contributed by atoms with Crippen LogP contribution in [0.3, 0.4) is 0 Å². The van der Waals surface area contributed by atoms with Crippen LogP contribution in [-0.2, 0) is 11.3 Å². The van der Waals surface area contributed by atoms with Crippen molar-refractivity contribution in [1.82, 2.24) is 0 Å². The van der Waals surface area contributed by atoms with Crippen molar-refractivity contribution in [3.8, 4) is 5.75 Å². The summed E-state index contributed by atoms with van der Waals surface area (Å²) in [5.41, 5.74) is 6.96. The topological polar surface area (TPSA) is 64.7 Å². The second-order valence-electron chi connectivity index (χ2n) is 3.69. The molecule has 0 bridgehead atoms. The molecule has 88 valence electrons. The number of hydrogen-bond acceptors (Lipinski definition) is 4. The van der Waals surface area contributed by atoms with Crippen LogP contribution in [0, 0.1) is 0 Å². The predicted molar refractivity (Wildman–Crippen MR) is 60.4 cm³/mol. The third kappa shape index (κ3) is 2.30. The lowest BCUT2D eigenvalue weighted by Crippen LogP contribution is -2.13. The van der Waals surface area contributed by atoms with Crippen LogP contribution in [0.25, 0.3) is 0 Å². The average molecular weight is 244 g/mol. The lowest BCUT2D eigenvalue weighted by atomic mass is 10.0. The number of benzene rings is 1. The molecule has 1 atom stereocenters. The molecule has 0 radical (unpaired) electrons. The van der Waals surface area contributed by atoms with Crippen LogP contribution in [0.15, 0.2) is 12.1 Å². The Morgan fingerprint density at radius 1 is 1.50 bits per heavy atom. The Bertz CT molecular complexity index is 384. The quantitative estimate of drug-likeness (QED) is 0.846. The minimum atomic E-state index is -0.644. The van der Waals surface area contributed by atoms with Crippen LogP contribution in [0.5, 0.6) is 5.75 Å². The molecule has 1 aromatic carbocycles. The minimum Gasteiger partial charge on any atom is -0.467 e. The Hall–Kier alpha value is -0.810. The van der Waals surface area contributed by atoms with E-state index in [1.165, 1.54) is 0 Å². The Morgan fingerprint density at radius 2 is 2.31 bits per heavy atom. The zero-order chi connectivity index (χ0) is 11.5. The second kappa shape index (κ2) is 5.01. The van der Waals surface area contributed by atoms with E-state index in [-0.39, 0.29) is 6.79 Å². The molecule has 5 heteroatoms. The Morgan fingerprint density at radius 3 is 3.06 bits per heavy atom. The molecule has 0 fully saturated rings. The van der Waals surface area contributed by atoms with E-state index in [4.69, 9.17) is 26.8 Å². The second-order valence-corrected chi connectivity index (χ2v) is 4.09. The molecule has 4 nitrogen and oxygen atoms in total. The largest absolute Gasteiger partial charge is 0.467 e. The zero-order valence-corrected chi connectivity index (χ0v) is 9.54. The van der Waals surface area contributed by atoms with E-state index < -0.39 is 6.10 Å². The number of halogens is 1. The summed E-state index contributed by atoms with van der Waals surface area (Å²) in [4.78, 5) is 0. The Balaban J connectivity index is 2.31. The first kappa shape index (κ1) is 11.7. The number of aliphatic hydroxyl groups is 1. The van der Waals surface area contributed by atoms with Crippen molar-refractivity contribution < 1.29 is 14.6 Å². The summed E-state index contributed by atoms with van der Waals surface area (Å²) in [5, 5.41) is 10.4. The maximum absolute atomic E-state index is 9.85. The van der Waals surface area contributed by atoms with Gasteiger partial charge in [-0.05, 0) is 25.1 Å². The van der Waals surface area contributed by atoms with Gasteiger partial charge in [-0.25, -0.2) is 0 Å². The Kier molecular flexibility index (Phi) is 3.66. The normalized spacial score (nSPS) is 16.4. The fourth-order valence-electron chi connectivity index (χ4n) is 1.68. The van der Waals surface area contributed by atoms with Crippen LogP contribution >= 0.6 is 11.6 Å². The summed E-state index contributed by atoms with van der Waals surface area (Å²) in [6.45, 7) is 1.14. The number of fused-ring (bicyclic) bond motifs is 1. The Labute approximate surface area is 98.9 Å². The van der Waals surface area contributed by atoms with E-state index in [1.54, 1.807) is 12.1 Å². The predicted octanol–water partition coefficient (Wildman–Crippen LogP) is 1.59. The lowest BCUT2D eigenvalue weighted by Gasteiger charge is -2.20. The fraction of sp³-hybridized carbons (Fsp3) is 0.455. The van der Waals surface area contributed by atoms with Gasteiger partial charge in [0.1, 0.15) is 5.75 Å². The highest BCUT2D eigenvalue weighted by Gasteiger charge is 2.17. The highest BCUT2D eigenvalue weighted by Crippen LogP contribution is 2.34. The summed E-state index contributed by atoms with van der Waals surface area (Å²) >= 11 is 6.08. The number of nitrogens with two attached hydrogens (primary N) is 1. The smallest absolute Gasteiger partial charge is 0.189 e. The molecule has 1 heterocycles. The molecule has 0 saturated carbocycles. The SMILES string of the molecule is NCCC(O)c1cc2c(cc1Cl)COCO2. The monoisotopic (exact) mass is 243 g/mol. The summed E-state index contributed by atoms with van der Waals surface area (Å²) in [6.07, 6.45) is -0.163. The third-order valence-electron chi connectivity index (χ3n) is 2.53. The van der Waals surface area contributed by atoms with Crippen LogP contribution in [0.4, 0.5) is 0 Å². The van der Waals surface area contributed by atoms with Gasteiger partial charge in [0.05, 0.1) is 12.7 Å². The van der Waals surface area contributed by atoms with Gasteiger partial charge in [0, 0.05) is 16.1 Å². The van der Waals surface area contributed by atoms with Crippen LogP contribution in [0.1, 0.15) is 23.7 Å². The molecule has 1 aliphatic rings. The minimum absolute atomic E-state index is 0.237. The van der Waals surface area contributed by atoms with Crippen molar-refractivity contribution in [2.24, 2.45) is 5.73 Å². The third-order valence-corrected chi connectivity index (χ3v) is 2.86. The van der Waals surface area contributed by atoms with Gasteiger partial charge in [0.25, 0.3) is 0 Å². The number of aliphatic hydroxyl groups excluding tert-OH is 1. The molecule has 16 heavy (non-hydrogen) atoms. The van der Waals surface area contributed by atoms with E-state index in [9.17, 15) is 5.11 Å². The van der Waals surface area contributed by atoms with Crippen LogP contribution < -0.4 is 10.5 Å². The van der Waals surface area contributed by atoms with Gasteiger partial charge in [-0.2, -0.15) is 0 Å². The zero-order valence-electron chi connectivity index (χ0n) is 8.78. The van der Waals surface area contributed by atoms with Crippen molar-refractivity contribution in [3.63, 3.8) is 0 Å². The van der Waals surface area contributed by atoms with Gasteiger partial charge in [-0.3, -0.25) is 0 Å². The van der Waals surface area contributed by atoms with E-state index in [0.29, 0.717) is 30.2 Å². The number of hydrogen-bond donors (Lipinski definition) is 2. The van der Waals surface area contributed by atoms with E-state index in [1.807, 2.05) is 0 Å². The number of rotatable bonds is 3. The van der Waals surface area contributed by atoms with Gasteiger partial charge in [0.15, 0.2) is 6.79 Å².